The zero-order valence-electron chi connectivity index (χ0n) is 20.1. The summed E-state index contributed by atoms with van der Waals surface area (Å²) in [6.45, 7) is 3.02. The Morgan fingerprint density at radius 3 is 2.05 bits per heavy atom. The molecule has 1 aliphatic heterocycles. The predicted molar refractivity (Wildman–Crippen MR) is 121 cm³/mol. The molecule has 0 spiro atoms. The standard InChI is InChI=1S/C26H27F7N2O2/c1-13(15-9-16(25(28,29)30)11-17(10-15)26(31,32)33)37-21-8-7-19(20-12-24(2,34)23(36)35-20)22(21)14-3-5-18(27)6-4-14/h3-6,9-11,13,19-22H,7-8,12,34H2,1-2H3,(H,35,36)/t13-,19+,20-,21+,22+,24-/m1/s1. The second-order valence-corrected chi connectivity index (χ2v) is 10.2. The van der Waals surface area contributed by atoms with Crippen LogP contribution in [-0.2, 0) is 21.9 Å². The lowest BCUT2D eigenvalue weighted by atomic mass is 9.81. The molecule has 2 aromatic carbocycles. The van der Waals surface area contributed by atoms with E-state index in [0.717, 1.165) is 0 Å². The van der Waals surface area contributed by atoms with Crippen molar-refractivity contribution in [3.8, 4) is 0 Å². The Kier molecular flexibility index (Phi) is 7.09. The van der Waals surface area contributed by atoms with Crippen molar-refractivity contribution in [2.75, 3.05) is 0 Å². The first-order valence-electron chi connectivity index (χ1n) is 11.9. The number of hydrogen-bond donors (Lipinski definition) is 2. The van der Waals surface area contributed by atoms with E-state index in [9.17, 15) is 35.5 Å². The molecule has 0 aromatic heterocycles. The van der Waals surface area contributed by atoms with E-state index in [1.54, 1.807) is 19.1 Å². The average molecular weight is 533 g/mol. The van der Waals surface area contributed by atoms with Crippen LogP contribution in [0, 0.1) is 11.7 Å². The van der Waals surface area contributed by atoms with Gasteiger partial charge in [-0.3, -0.25) is 4.79 Å². The van der Waals surface area contributed by atoms with Crippen molar-refractivity contribution in [3.05, 3.63) is 70.5 Å². The molecule has 202 valence electrons. The van der Waals surface area contributed by atoms with Gasteiger partial charge in [-0.1, -0.05) is 12.1 Å². The molecular weight excluding hydrogens is 505 g/mol. The van der Waals surface area contributed by atoms with E-state index < -0.39 is 53.0 Å². The quantitative estimate of drug-likeness (QED) is 0.457. The minimum absolute atomic E-state index is 0.0791. The molecule has 6 atom stereocenters. The van der Waals surface area contributed by atoms with Gasteiger partial charge in [0.05, 0.1) is 28.9 Å². The molecule has 1 saturated carbocycles. The Labute approximate surface area is 209 Å². The Balaban J connectivity index is 1.65. The minimum Gasteiger partial charge on any atom is -0.370 e. The van der Waals surface area contributed by atoms with Crippen LogP contribution in [0.1, 0.15) is 67.4 Å². The van der Waals surface area contributed by atoms with Crippen molar-refractivity contribution in [2.24, 2.45) is 11.7 Å². The highest BCUT2D eigenvalue weighted by Crippen LogP contribution is 2.47. The number of ether oxygens (including phenoxy) is 1. The number of halogens is 7. The van der Waals surface area contributed by atoms with E-state index in [1.807, 2.05) is 0 Å². The van der Waals surface area contributed by atoms with Crippen molar-refractivity contribution < 1.29 is 40.3 Å². The normalized spacial score (nSPS) is 29.4. The zero-order chi connectivity index (χ0) is 27.3. The smallest absolute Gasteiger partial charge is 0.370 e. The van der Waals surface area contributed by atoms with E-state index in [0.29, 0.717) is 37.0 Å². The number of carbonyl (C=O) groups excluding carboxylic acids is 1. The first-order valence-corrected chi connectivity index (χ1v) is 11.9. The number of carbonyl (C=O) groups is 1. The number of rotatable bonds is 5. The third-order valence-corrected chi connectivity index (χ3v) is 7.36. The monoisotopic (exact) mass is 532 g/mol. The van der Waals surface area contributed by atoms with Crippen LogP contribution >= 0.6 is 0 Å². The maximum absolute atomic E-state index is 13.6. The summed E-state index contributed by atoms with van der Waals surface area (Å²) >= 11 is 0. The molecule has 0 bridgehead atoms. The van der Waals surface area contributed by atoms with Crippen molar-refractivity contribution in [1.29, 1.82) is 0 Å². The van der Waals surface area contributed by atoms with Gasteiger partial charge in [0.1, 0.15) is 5.82 Å². The minimum atomic E-state index is -4.97. The fourth-order valence-electron chi connectivity index (χ4n) is 5.49. The molecule has 4 nitrogen and oxygen atoms in total. The van der Waals surface area contributed by atoms with Crippen molar-refractivity contribution in [3.63, 3.8) is 0 Å². The predicted octanol–water partition coefficient (Wildman–Crippen LogP) is 6.11. The summed E-state index contributed by atoms with van der Waals surface area (Å²) < 4.78 is 99.9. The number of amides is 1. The molecule has 1 heterocycles. The summed E-state index contributed by atoms with van der Waals surface area (Å²) in [5, 5.41) is 2.91. The molecular formula is C26H27F7N2O2. The number of alkyl halides is 6. The maximum Gasteiger partial charge on any atom is 0.416 e. The highest BCUT2D eigenvalue weighted by Gasteiger charge is 2.49. The summed E-state index contributed by atoms with van der Waals surface area (Å²) in [4.78, 5) is 12.3. The van der Waals surface area contributed by atoms with E-state index in [1.165, 1.54) is 19.1 Å². The molecule has 2 aromatic rings. The highest BCUT2D eigenvalue weighted by molar-refractivity contribution is 5.88. The number of nitrogens with two attached hydrogens (primary N) is 1. The van der Waals surface area contributed by atoms with Gasteiger partial charge >= 0.3 is 12.4 Å². The Hall–Kier alpha value is -2.66. The summed E-state index contributed by atoms with van der Waals surface area (Å²) in [5.41, 5.74) is 2.63. The lowest BCUT2D eigenvalue weighted by Gasteiger charge is -2.31. The van der Waals surface area contributed by atoms with Gasteiger partial charge in [0.15, 0.2) is 0 Å². The van der Waals surface area contributed by atoms with Crippen molar-refractivity contribution in [1.82, 2.24) is 5.32 Å². The van der Waals surface area contributed by atoms with Crippen molar-refractivity contribution in [2.45, 2.75) is 75.2 Å². The van der Waals surface area contributed by atoms with Gasteiger partial charge in [-0.2, -0.15) is 26.3 Å². The first-order chi connectivity index (χ1) is 17.1. The third kappa shape index (κ3) is 5.77. The first kappa shape index (κ1) is 27.4. The molecule has 2 fully saturated rings. The molecule has 37 heavy (non-hydrogen) atoms. The molecule has 1 aliphatic carbocycles. The largest absolute Gasteiger partial charge is 0.416 e. The molecule has 1 amide bonds. The van der Waals surface area contributed by atoms with Gasteiger partial charge in [0.2, 0.25) is 5.91 Å². The lowest BCUT2D eigenvalue weighted by Crippen LogP contribution is -2.43. The average Bonchev–Trinajstić information content (AvgIpc) is 3.32. The summed E-state index contributed by atoms with van der Waals surface area (Å²) in [7, 11) is 0. The van der Waals surface area contributed by atoms with Crippen LogP contribution in [0.3, 0.4) is 0 Å². The Morgan fingerprint density at radius 2 is 1.57 bits per heavy atom. The van der Waals surface area contributed by atoms with Crippen LogP contribution in [0.2, 0.25) is 0 Å². The molecule has 0 radical (unpaired) electrons. The second-order valence-electron chi connectivity index (χ2n) is 10.2. The maximum atomic E-state index is 13.6. The van der Waals surface area contributed by atoms with Crippen LogP contribution in [0.5, 0.6) is 0 Å². The molecule has 0 unspecified atom stereocenters. The van der Waals surface area contributed by atoms with Gasteiger partial charge in [-0.25, -0.2) is 4.39 Å². The number of benzene rings is 2. The SMILES string of the molecule is C[C@@H](O[C@H]1CC[C@@H]([C@H]2C[C@@](C)(N)C(=O)N2)[C@@H]1c1ccc(F)cc1)c1cc(C(F)(F)F)cc(C(F)(F)F)c1. The third-order valence-electron chi connectivity index (χ3n) is 7.36. The fraction of sp³-hybridized carbons (Fsp3) is 0.500. The summed E-state index contributed by atoms with van der Waals surface area (Å²) in [6.07, 6.45) is -10.3. The van der Waals surface area contributed by atoms with Crippen LogP contribution in [0.15, 0.2) is 42.5 Å². The van der Waals surface area contributed by atoms with Crippen LogP contribution < -0.4 is 11.1 Å². The van der Waals surface area contributed by atoms with E-state index in [2.05, 4.69) is 5.32 Å². The molecule has 11 heteroatoms. The van der Waals surface area contributed by atoms with Crippen LogP contribution in [0.4, 0.5) is 30.7 Å². The van der Waals surface area contributed by atoms with E-state index in [-0.39, 0.29) is 29.5 Å². The van der Waals surface area contributed by atoms with Crippen LogP contribution in [0.25, 0.3) is 0 Å². The highest BCUT2D eigenvalue weighted by atomic mass is 19.4. The van der Waals surface area contributed by atoms with E-state index >= 15 is 0 Å². The second kappa shape index (κ2) is 9.58. The van der Waals surface area contributed by atoms with Gasteiger partial charge < -0.3 is 15.8 Å². The number of hydrogen-bond acceptors (Lipinski definition) is 3. The van der Waals surface area contributed by atoms with Gasteiger partial charge in [-0.15, -0.1) is 0 Å². The number of nitrogens with one attached hydrogen (secondary N) is 1. The molecule has 3 N–H and O–H groups in total. The summed E-state index contributed by atoms with van der Waals surface area (Å²) in [5.74, 6) is -1.34. The Morgan fingerprint density at radius 1 is 1.00 bits per heavy atom. The van der Waals surface area contributed by atoms with Gasteiger partial charge in [0, 0.05) is 12.0 Å². The molecule has 1 saturated heterocycles. The van der Waals surface area contributed by atoms with Crippen molar-refractivity contribution >= 4 is 5.91 Å². The molecule has 2 aliphatic rings. The van der Waals surface area contributed by atoms with E-state index in [4.69, 9.17) is 10.5 Å². The fourth-order valence-corrected chi connectivity index (χ4v) is 5.49. The Bertz CT molecular complexity index is 1110. The molecule has 4 rings (SSSR count). The topological polar surface area (TPSA) is 64.3 Å². The zero-order valence-corrected chi connectivity index (χ0v) is 20.1. The summed E-state index contributed by atoms with van der Waals surface area (Å²) in [6, 6.07) is 6.78. The lowest BCUT2D eigenvalue weighted by molar-refractivity contribution is -0.143. The van der Waals surface area contributed by atoms with Crippen LogP contribution in [-0.4, -0.2) is 23.6 Å². The van der Waals surface area contributed by atoms with Gasteiger partial charge in [-0.05, 0) is 80.5 Å². The van der Waals surface area contributed by atoms with Gasteiger partial charge in [0.25, 0.3) is 0 Å².